The van der Waals surface area contributed by atoms with Crippen LogP contribution in [0.3, 0.4) is 0 Å². The molecule has 0 atom stereocenters. The van der Waals surface area contributed by atoms with Crippen LogP contribution in [0.4, 0.5) is 0 Å². The zero-order valence-electron chi connectivity index (χ0n) is 13.7. The van der Waals surface area contributed by atoms with Crippen molar-refractivity contribution in [3.63, 3.8) is 0 Å². The van der Waals surface area contributed by atoms with Crippen LogP contribution in [0.1, 0.15) is 17.1 Å². The summed E-state index contributed by atoms with van der Waals surface area (Å²) >= 11 is 0. The molecule has 1 aromatic carbocycles. The molecule has 2 rings (SSSR count). The number of sulfonamides is 1. The Kier molecular flexibility index (Phi) is 5.75. The summed E-state index contributed by atoms with van der Waals surface area (Å²) in [6, 6.07) is 11.4. The molecule has 1 amide bonds. The molecule has 1 heterocycles. The van der Waals surface area contributed by atoms with E-state index in [0.717, 1.165) is 5.56 Å². The minimum Gasteiger partial charge on any atom is -0.460 e. The van der Waals surface area contributed by atoms with Gasteiger partial charge in [-0.1, -0.05) is 17.7 Å². The second-order valence-corrected chi connectivity index (χ2v) is 6.96. The van der Waals surface area contributed by atoms with Crippen molar-refractivity contribution in [3.05, 3.63) is 59.1 Å². The van der Waals surface area contributed by atoms with E-state index in [2.05, 4.69) is 10.0 Å². The Morgan fingerprint density at radius 1 is 1.24 bits per heavy atom. The molecule has 0 saturated carbocycles. The van der Waals surface area contributed by atoms with Crippen LogP contribution >= 0.6 is 0 Å². The predicted molar refractivity (Wildman–Crippen MR) is 91.6 cm³/mol. The number of furan rings is 1. The van der Waals surface area contributed by atoms with Gasteiger partial charge in [-0.05, 0) is 31.2 Å². The molecule has 2 N–H and O–H groups in total. The molecule has 7 nitrogen and oxygen atoms in total. The van der Waals surface area contributed by atoms with Gasteiger partial charge in [0.25, 0.3) is 5.91 Å². The molecule has 0 saturated heterocycles. The third-order valence-corrected chi connectivity index (χ3v) is 4.75. The van der Waals surface area contributed by atoms with Crippen LogP contribution in [-0.2, 0) is 21.4 Å². The number of likely N-dealkylation sites (N-methyl/N-ethyl adjacent to an activating group) is 1. The van der Waals surface area contributed by atoms with E-state index >= 15 is 0 Å². The second kappa shape index (κ2) is 7.79. The van der Waals surface area contributed by atoms with Crippen molar-refractivity contribution < 1.29 is 17.6 Å². The van der Waals surface area contributed by atoms with E-state index in [0.29, 0.717) is 5.76 Å². The smallest absolute Gasteiger partial charge is 0.261 e. The summed E-state index contributed by atoms with van der Waals surface area (Å²) in [5.74, 6) is 0.112. The Hall–Kier alpha value is -2.89. The maximum atomic E-state index is 12.2. The Balaban J connectivity index is 2.09. The Labute approximate surface area is 146 Å². The van der Waals surface area contributed by atoms with Crippen molar-refractivity contribution in [1.82, 2.24) is 10.0 Å². The fourth-order valence-electron chi connectivity index (χ4n) is 1.96. The summed E-state index contributed by atoms with van der Waals surface area (Å²) < 4.78 is 32.3. The van der Waals surface area contributed by atoms with Crippen LogP contribution in [0.2, 0.25) is 0 Å². The standard InChI is InChI=1S/C17H17N3O4S/c1-12-3-7-16(8-4-12)25(22,23)20-11-15-6-5-14(24-15)9-13(10-18)17(21)19-2/h3-9,20H,11H2,1-2H3,(H,19,21). The van der Waals surface area contributed by atoms with Crippen LogP contribution in [-0.4, -0.2) is 21.4 Å². The quantitative estimate of drug-likeness (QED) is 0.602. The number of hydrogen-bond donors (Lipinski definition) is 2. The van der Waals surface area contributed by atoms with Gasteiger partial charge >= 0.3 is 0 Å². The number of amides is 1. The van der Waals surface area contributed by atoms with Gasteiger partial charge in [0, 0.05) is 13.1 Å². The van der Waals surface area contributed by atoms with Crippen molar-refractivity contribution in [2.24, 2.45) is 0 Å². The van der Waals surface area contributed by atoms with E-state index in [4.69, 9.17) is 9.68 Å². The summed E-state index contributed by atoms with van der Waals surface area (Å²) in [6.07, 6.45) is 1.29. The highest BCUT2D eigenvalue weighted by Gasteiger charge is 2.14. The summed E-state index contributed by atoms with van der Waals surface area (Å²) in [4.78, 5) is 11.6. The summed E-state index contributed by atoms with van der Waals surface area (Å²) in [5, 5.41) is 11.3. The van der Waals surface area contributed by atoms with E-state index in [1.54, 1.807) is 30.3 Å². The predicted octanol–water partition coefficient (Wildman–Crippen LogP) is 1.72. The normalized spacial score (nSPS) is 11.8. The molecule has 0 bridgehead atoms. The highest BCUT2D eigenvalue weighted by Crippen LogP contribution is 2.14. The molecule has 1 aromatic heterocycles. The lowest BCUT2D eigenvalue weighted by atomic mass is 10.2. The molecule has 0 aliphatic rings. The van der Waals surface area contributed by atoms with Crippen LogP contribution in [0.5, 0.6) is 0 Å². The van der Waals surface area contributed by atoms with Gasteiger partial charge in [-0.3, -0.25) is 4.79 Å². The molecule has 2 aromatic rings. The van der Waals surface area contributed by atoms with Crippen LogP contribution in [0.15, 0.2) is 51.3 Å². The maximum absolute atomic E-state index is 12.2. The van der Waals surface area contributed by atoms with Crippen molar-refractivity contribution in [2.75, 3.05) is 7.05 Å². The minimum atomic E-state index is -3.65. The number of carbonyl (C=O) groups excluding carboxylic acids is 1. The first kappa shape index (κ1) is 18.4. The van der Waals surface area contributed by atoms with Gasteiger partial charge in [0.2, 0.25) is 10.0 Å². The van der Waals surface area contributed by atoms with E-state index in [9.17, 15) is 13.2 Å². The number of nitrogens with one attached hydrogen (secondary N) is 2. The van der Waals surface area contributed by atoms with Gasteiger partial charge < -0.3 is 9.73 Å². The van der Waals surface area contributed by atoms with Crippen LogP contribution in [0, 0.1) is 18.3 Å². The van der Waals surface area contributed by atoms with Gasteiger partial charge in [0.15, 0.2) is 0 Å². The number of rotatable bonds is 6. The molecule has 0 radical (unpaired) electrons. The molecule has 0 unspecified atom stereocenters. The van der Waals surface area contributed by atoms with E-state index < -0.39 is 15.9 Å². The summed E-state index contributed by atoms with van der Waals surface area (Å²) in [5.41, 5.74) is 0.856. The Morgan fingerprint density at radius 3 is 2.52 bits per heavy atom. The van der Waals surface area contributed by atoms with E-state index in [1.807, 2.05) is 6.92 Å². The largest absolute Gasteiger partial charge is 0.460 e. The van der Waals surface area contributed by atoms with Crippen molar-refractivity contribution in [1.29, 1.82) is 5.26 Å². The van der Waals surface area contributed by atoms with Crippen molar-refractivity contribution in [2.45, 2.75) is 18.4 Å². The van der Waals surface area contributed by atoms with Gasteiger partial charge in [-0.25, -0.2) is 13.1 Å². The molecule has 0 aliphatic heterocycles. The average molecular weight is 359 g/mol. The Bertz CT molecular complexity index is 935. The summed E-state index contributed by atoms with van der Waals surface area (Å²) in [7, 11) is -2.24. The van der Waals surface area contributed by atoms with Crippen LogP contribution in [0.25, 0.3) is 6.08 Å². The van der Waals surface area contributed by atoms with E-state index in [1.165, 1.54) is 25.3 Å². The molecule has 0 spiro atoms. The zero-order chi connectivity index (χ0) is 18.4. The number of nitrogens with zero attached hydrogens (tertiary/aromatic N) is 1. The lowest BCUT2D eigenvalue weighted by Gasteiger charge is -2.05. The Morgan fingerprint density at radius 2 is 1.92 bits per heavy atom. The number of aryl methyl sites for hydroxylation is 1. The third kappa shape index (κ3) is 4.79. The highest BCUT2D eigenvalue weighted by atomic mass is 32.2. The van der Waals surface area contributed by atoms with Gasteiger partial charge in [-0.2, -0.15) is 5.26 Å². The number of nitriles is 1. The summed E-state index contributed by atoms with van der Waals surface area (Å²) in [6.45, 7) is 1.82. The lowest BCUT2D eigenvalue weighted by molar-refractivity contribution is -0.116. The van der Waals surface area contributed by atoms with Gasteiger partial charge in [0.05, 0.1) is 11.4 Å². The number of carbonyl (C=O) groups is 1. The topological polar surface area (TPSA) is 112 Å². The monoisotopic (exact) mass is 359 g/mol. The van der Waals surface area contributed by atoms with Gasteiger partial charge in [-0.15, -0.1) is 0 Å². The van der Waals surface area contributed by atoms with Crippen molar-refractivity contribution in [3.8, 4) is 6.07 Å². The van der Waals surface area contributed by atoms with Gasteiger partial charge in [0.1, 0.15) is 23.2 Å². The fourth-order valence-corrected chi connectivity index (χ4v) is 2.95. The molecule has 8 heteroatoms. The fraction of sp³-hybridized carbons (Fsp3) is 0.176. The minimum absolute atomic E-state index is 0.0497. The van der Waals surface area contributed by atoms with Crippen molar-refractivity contribution >= 4 is 22.0 Å². The molecule has 25 heavy (non-hydrogen) atoms. The first-order valence-corrected chi connectivity index (χ1v) is 8.83. The molecule has 130 valence electrons. The molecule has 0 aliphatic carbocycles. The number of hydrogen-bond acceptors (Lipinski definition) is 5. The molecule has 0 fully saturated rings. The highest BCUT2D eigenvalue weighted by molar-refractivity contribution is 7.89. The first-order valence-electron chi connectivity index (χ1n) is 7.34. The third-order valence-electron chi connectivity index (χ3n) is 3.33. The zero-order valence-corrected chi connectivity index (χ0v) is 14.6. The first-order chi connectivity index (χ1) is 11.9. The van der Waals surface area contributed by atoms with E-state index in [-0.39, 0.29) is 22.8 Å². The SMILES string of the molecule is CNC(=O)C(C#N)=Cc1ccc(CNS(=O)(=O)c2ccc(C)cc2)o1. The van der Waals surface area contributed by atoms with Crippen LogP contribution < -0.4 is 10.0 Å². The average Bonchev–Trinajstić information content (AvgIpc) is 3.05. The molecular weight excluding hydrogens is 342 g/mol. The number of benzene rings is 1. The second-order valence-electron chi connectivity index (χ2n) is 5.19. The lowest BCUT2D eigenvalue weighted by Crippen LogP contribution is -2.22. The molecular formula is C17H17N3O4S. The maximum Gasteiger partial charge on any atom is 0.261 e.